The summed E-state index contributed by atoms with van der Waals surface area (Å²) in [7, 11) is 0. The third-order valence-corrected chi connectivity index (χ3v) is 4.08. The van der Waals surface area contributed by atoms with Gasteiger partial charge in [-0.3, -0.25) is 4.90 Å². The number of fused-ring (bicyclic) bond motifs is 1. The average Bonchev–Trinajstić information content (AvgIpc) is 2.84. The van der Waals surface area contributed by atoms with Crippen molar-refractivity contribution in [2.24, 2.45) is 5.73 Å². The highest BCUT2D eigenvalue weighted by atomic mass is 16.5. The molecule has 1 atom stereocenters. The largest absolute Gasteiger partial charge is 0.379 e. The van der Waals surface area contributed by atoms with Gasteiger partial charge in [-0.15, -0.1) is 0 Å². The van der Waals surface area contributed by atoms with Crippen molar-refractivity contribution in [3.63, 3.8) is 0 Å². The molecule has 0 amide bonds. The molecule has 0 radical (unpaired) electrons. The van der Waals surface area contributed by atoms with Crippen LogP contribution in [0.25, 0.3) is 11.0 Å². The van der Waals surface area contributed by atoms with E-state index in [0.717, 1.165) is 50.7 Å². The van der Waals surface area contributed by atoms with E-state index in [-0.39, 0.29) is 6.04 Å². The minimum absolute atomic E-state index is 0.0533. The molecule has 2 N–H and O–H groups in total. The molecule has 1 saturated heterocycles. The second-order valence-corrected chi connectivity index (χ2v) is 5.86. The summed E-state index contributed by atoms with van der Waals surface area (Å²) in [5, 5.41) is 0. The first kappa shape index (κ1) is 14.5. The molecule has 0 bridgehead atoms. The van der Waals surface area contributed by atoms with Gasteiger partial charge in [0, 0.05) is 26.2 Å². The van der Waals surface area contributed by atoms with Gasteiger partial charge < -0.3 is 15.0 Å². The lowest BCUT2D eigenvalue weighted by Crippen LogP contribution is -2.38. The Kier molecular flexibility index (Phi) is 4.24. The Labute approximate surface area is 125 Å². The molecule has 114 valence electrons. The molecule has 1 unspecified atom stereocenters. The molecule has 1 aromatic heterocycles. The van der Waals surface area contributed by atoms with Crippen molar-refractivity contribution in [1.29, 1.82) is 0 Å². The normalized spacial score (nSPS) is 18.2. The molecule has 21 heavy (non-hydrogen) atoms. The Morgan fingerprint density at radius 2 is 2.05 bits per heavy atom. The highest BCUT2D eigenvalue weighted by molar-refractivity contribution is 5.77. The van der Waals surface area contributed by atoms with E-state index in [9.17, 15) is 0 Å². The number of hydrogen-bond donors (Lipinski definition) is 1. The SMILES string of the molecule is Cc1ccc2c(c1)nc(C(C)N)n2CCN1CCOCC1. The van der Waals surface area contributed by atoms with Crippen molar-refractivity contribution in [2.45, 2.75) is 26.4 Å². The van der Waals surface area contributed by atoms with Gasteiger partial charge in [-0.05, 0) is 31.5 Å². The fourth-order valence-corrected chi connectivity index (χ4v) is 2.91. The van der Waals surface area contributed by atoms with E-state index in [1.54, 1.807) is 0 Å². The molecule has 2 aromatic rings. The van der Waals surface area contributed by atoms with Crippen LogP contribution in [-0.4, -0.2) is 47.3 Å². The van der Waals surface area contributed by atoms with Gasteiger partial charge in [0.15, 0.2) is 0 Å². The van der Waals surface area contributed by atoms with Crippen molar-refractivity contribution in [3.05, 3.63) is 29.6 Å². The van der Waals surface area contributed by atoms with Crippen LogP contribution in [0.15, 0.2) is 18.2 Å². The number of benzene rings is 1. The van der Waals surface area contributed by atoms with Crippen LogP contribution < -0.4 is 5.73 Å². The molecule has 1 fully saturated rings. The Hall–Kier alpha value is -1.43. The van der Waals surface area contributed by atoms with E-state index in [0.29, 0.717) is 0 Å². The van der Waals surface area contributed by atoms with Gasteiger partial charge in [-0.1, -0.05) is 6.07 Å². The molecule has 1 aromatic carbocycles. The number of nitrogens with zero attached hydrogens (tertiary/aromatic N) is 3. The lowest BCUT2D eigenvalue weighted by Gasteiger charge is -2.27. The van der Waals surface area contributed by atoms with Crippen LogP contribution in [0.1, 0.15) is 24.4 Å². The fraction of sp³-hybridized carbons (Fsp3) is 0.562. The number of nitrogens with two attached hydrogens (primary N) is 1. The lowest BCUT2D eigenvalue weighted by atomic mass is 10.2. The second kappa shape index (κ2) is 6.13. The molecular weight excluding hydrogens is 264 g/mol. The minimum atomic E-state index is -0.0533. The Morgan fingerprint density at radius 3 is 2.76 bits per heavy atom. The first-order valence-electron chi connectivity index (χ1n) is 7.67. The van der Waals surface area contributed by atoms with Crippen molar-refractivity contribution < 1.29 is 4.74 Å². The number of morpholine rings is 1. The van der Waals surface area contributed by atoms with Crippen molar-refractivity contribution in [2.75, 3.05) is 32.8 Å². The molecule has 3 rings (SSSR count). The monoisotopic (exact) mass is 288 g/mol. The molecule has 1 aliphatic heterocycles. The summed E-state index contributed by atoms with van der Waals surface area (Å²) in [4.78, 5) is 7.17. The van der Waals surface area contributed by atoms with E-state index >= 15 is 0 Å². The van der Waals surface area contributed by atoms with Gasteiger partial charge in [0.25, 0.3) is 0 Å². The van der Waals surface area contributed by atoms with Crippen LogP contribution in [0, 0.1) is 6.92 Å². The summed E-state index contributed by atoms with van der Waals surface area (Å²) >= 11 is 0. The standard InChI is InChI=1S/C16H24N4O/c1-12-3-4-15-14(11-12)18-16(13(2)17)20(15)6-5-19-7-9-21-10-8-19/h3-4,11,13H,5-10,17H2,1-2H3. The van der Waals surface area contributed by atoms with Gasteiger partial charge in [-0.2, -0.15) is 0 Å². The highest BCUT2D eigenvalue weighted by Crippen LogP contribution is 2.21. The van der Waals surface area contributed by atoms with E-state index in [1.165, 1.54) is 11.1 Å². The van der Waals surface area contributed by atoms with Crippen LogP contribution in [0.2, 0.25) is 0 Å². The molecule has 0 saturated carbocycles. The first-order chi connectivity index (χ1) is 10.1. The summed E-state index contributed by atoms with van der Waals surface area (Å²) < 4.78 is 7.67. The van der Waals surface area contributed by atoms with Crippen molar-refractivity contribution >= 4 is 11.0 Å². The molecule has 0 aliphatic carbocycles. The molecular formula is C16H24N4O. The summed E-state index contributed by atoms with van der Waals surface area (Å²) in [6, 6.07) is 6.37. The Morgan fingerprint density at radius 1 is 1.29 bits per heavy atom. The maximum absolute atomic E-state index is 6.11. The van der Waals surface area contributed by atoms with Gasteiger partial charge in [-0.25, -0.2) is 4.98 Å². The zero-order valence-corrected chi connectivity index (χ0v) is 12.9. The van der Waals surface area contributed by atoms with Crippen molar-refractivity contribution in [1.82, 2.24) is 14.5 Å². The van der Waals surface area contributed by atoms with Crippen LogP contribution >= 0.6 is 0 Å². The van der Waals surface area contributed by atoms with Gasteiger partial charge in [0.05, 0.1) is 30.3 Å². The zero-order chi connectivity index (χ0) is 14.8. The third-order valence-electron chi connectivity index (χ3n) is 4.08. The maximum Gasteiger partial charge on any atom is 0.126 e. The van der Waals surface area contributed by atoms with Crippen LogP contribution in [0.5, 0.6) is 0 Å². The maximum atomic E-state index is 6.11. The Bertz CT molecular complexity index is 614. The first-order valence-corrected chi connectivity index (χ1v) is 7.67. The average molecular weight is 288 g/mol. The van der Waals surface area contributed by atoms with Crippen LogP contribution in [0.3, 0.4) is 0 Å². The zero-order valence-electron chi connectivity index (χ0n) is 12.9. The molecule has 1 aliphatic rings. The van der Waals surface area contributed by atoms with E-state index < -0.39 is 0 Å². The quantitative estimate of drug-likeness (QED) is 0.930. The summed E-state index contributed by atoms with van der Waals surface area (Å²) in [6.07, 6.45) is 0. The topological polar surface area (TPSA) is 56.3 Å². The van der Waals surface area contributed by atoms with Gasteiger partial charge in [0.1, 0.15) is 5.82 Å². The minimum Gasteiger partial charge on any atom is -0.379 e. The predicted octanol–water partition coefficient (Wildman–Crippen LogP) is 1.70. The highest BCUT2D eigenvalue weighted by Gasteiger charge is 2.16. The molecule has 2 heterocycles. The molecule has 0 spiro atoms. The number of imidazole rings is 1. The van der Waals surface area contributed by atoms with E-state index in [2.05, 4.69) is 34.6 Å². The van der Waals surface area contributed by atoms with Crippen molar-refractivity contribution in [3.8, 4) is 0 Å². The van der Waals surface area contributed by atoms with Gasteiger partial charge >= 0.3 is 0 Å². The van der Waals surface area contributed by atoms with E-state index in [1.807, 2.05) is 6.92 Å². The smallest absolute Gasteiger partial charge is 0.126 e. The number of ether oxygens (including phenoxy) is 1. The number of aryl methyl sites for hydroxylation is 1. The number of hydrogen-bond acceptors (Lipinski definition) is 4. The van der Waals surface area contributed by atoms with E-state index in [4.69, 9.17) is 15.5 Å². The van der Waals surface area contributed by atoms with Crippen LogP contribution in [-0.2, 0) is 11.3 Å². The summed E-state index contributed by atoms with van der Waals surface area (Å²) in [5.41, 5.74) is 9.57. The fourth-order valence-electron chi connectivity index (χ4n) is 2.91. The predicted molar refractivity (Wildman–Crippen MR) is 84.3 cm³/mol. The third kappa shape index (κ3) is 3.10. The van der Waals surface area contributed by atoms with Gasteiger partial charge in [0.2, 0.25) is 0 Å². The molecule has 5 heteroatoms. The van der Waals surface area contributed by atoms with Crippen LogP contribution in [0.4, 0.5) is 0 Å². The summed E-state index contributed by atoms with van der Waals surface area (Å²) in [6.45, 7) is 9.74. The molecule has 5 nitrogen and oxygen atoms in total. The number of rotatable bonds is 4. The summed E-state index contributed by atoms with van der Waals surface area (Å²) in [5.74, 6) is 0.976. The number of aromatic nitrogens is 2. The second-order valence-electron chi connectivity index (χ2n) is 5.86. The lowest BCUT2D eigenvalue weighted by molar-refractivity contribution is 0.0364. The Balaban J connectivity index is 1.86.